The third kappa shape index (κ3) is 6.18. The zero-order valence-corrected chi connectivity index (χ0v) is 15.0. The molecule has 0 aromatic heterocycles. The monoisotopic (exact) mass is 418 g/mol. The molecule has 21 heavy (non-hydrogen) atoms. The lowest BCUT2D eigenvalue weighted by Crippen LogP contribution is -2.26. The number of nitrogens with one attached hydrogen (secondary N) is 1. The Bertz CT molecular complexity index is 470. The van der Waals surface area contributed by atoms with Crippen LogP contribution in [-0.4, -0.2) is 18.4 Å². The standard InChI is InChI=1S/C15H20Br2N2O2/c16-9-11-5-4-6-12(10-17)14(11)15(21)19-8-3-1-2-7-13(18)20/h4-6H,1-3,7-10H2,(H2,18,20)(H,19,21). The molecule has 4 nitrogen and oxygen atoms in total. The van der Waals surface area contributed by atoms with Gasteiger partial charge in [-0.2, -0.15) is 0 Å². The fourth-order valence-corrected chi connectivity index (χ4v) is 2.99. The Morgan fingerprint density at radius 2 is 1.67 bits per heavy atom. The van der Waals surface area contributed by atoms with Crippen molar-refractivity contribution in [1.82, 2.24) is 5.32 Å². The van der Waals surface area contributed by atoms with Gasteiger partial charge in [-0.1, -0.05) is 56.5 Å². The van der Waals surface area contributed by atoms with Crippen LogP contribution in [0.5, 0.6) is 0 Å². The first-order chi connectivity index (χ1) is 10.1. The highest BCUT2D eigenvalue weighted by atomic mass is 79.9. The molecule has 0 heterocycles. The molecule has 0 saturated heterocycles. The molecule has 2 amide bonds. The van der Waals surface area contributed by atoms with E-state index in [0.717, 1.165) is 36.0 Å². The summed E-state index contributed by atoms with van der Waals surface area (Å²) in [5.74, 6) is -0.318. The van der Waals surface area contributed by atoms with E-state index in [4.69, 9.17) is 5.73 Å². The summed E-state index contributed by atoms with van der Waals surface area (Å²) in [5.41, 5.74) is 7.79. The molecular formula is C15H20Br2N2O2. The Labute approximate surface area is 142 Å². The normalized spacial score (nSPS) is 10.4. The summed E-state index contributed by atoms with van der Waals surface area (Å²) in [6, 6.07) is 5.85. The summed E-state index contributed by atoms with van der Waals surface area (Å²) in [5, 5.41) is 4.24. The van der Waals surface area contributed by atoms with Crippen molar-refractivity contribution in [2.45, 2.75) is 36.3 Å². The smallest absolute Gasteiger partial charge is 0.251 e. The van der Waals surface area contributed by atoms with E-state index in [2.05, 4.69) is 37.2 Å². The number of hydrogen-bond donors (Lipinski definition) is 2. The number of benzene rings is 1. The minimum atomic E-state index is -0.271. The molecule has 0 fully saturated rings. The summed E-state index contributed by atoms with van der Waals surface area (Å²) in [6.45, 7) is 0.607. The highest BCUT2D eigenvalue weighted by molar-refractivity contribution is 9.08. The largest absolute Gasteiger partial charge is 0.370 e. The quantitative estimate of drug-likeness (QED) is 0.476. The molecule has 3 N–H and O–H groups in total. The molecule has 116 valence electrons. The van der Waals surface area contributed by atoms with Crippen LogP contribution >= 0.6 is 31.9 Å². The number of hydrogen-bond acceptors (Lipinski definition) is 2. The van der Waals surface area contributed by atoms with Crippen LogP contribution in [0.25, 0.3) is 0 Å². The molecule has 0 spiro atoms. The zero-order chi connectivity index (χ0) is 15.7. The fraction of sp³-hybridized carbons (Fsp3) is 0.467. The van der Waals surface area contributed by atoms with E-state index in [1.165, 1.54) is 0 Å². The summed E-state index contributed by atoms with van der Waals surface area (Å²) in [7, 11) is 0. The maximum absolute atomic E-state index is 12.3. The first kappa shape index (κ1) is 18.2. The topological polar surface area (TPSA) is 72.2 Å². The van der Waals surface area contributed by atoms with Crippen LogP contribution < -0.4 is 11.1 Å². The third-order valence-electron chi connectivity index (χ3n) is 3.14. The van der Waals surface area contributed by atoms with Gasteiger partial charge in [0.2, 0.25) is 5.91 Å². The minimum absolute atomic E-state index is 0.0469. The number of halogens is 2. The van der Waals surface area contributed by atoms with Gasteiger partial charge in [0.25, 0.3) is 5.91 Å². The SMILES string of the molecule is NC(=O)CCCCCNC(=O)c1c(CBr)cccc1CBr. The fourth-order valence-electron chi connectivity index (χ4n) is 2.06. The zero-order valence-electron chi connectivity index (χ0n) is 11.8. The van der Waals surface area contributed by atoms with Gasteiger partial charge >= 0.3 is 0 Å². The van der Waals surface area contributed by atoms with Gasteiger partial charge in [-0.15, -0.1) is 0 Å². The number of primary amides is 1. The second kappa shape index (κ2) is 9.95. The van der Waals surface area contributed by atoms with Crippen LogP contribution in [0.15, 0.2) is 18.2 Å². The van der Waals surface area contributed by atoms with Crippen LogP contribution in [0.2, 0.25) is 0 Å². The molecule has 1 aromatic rings. The predicted molar refractivity (Wildman–Crippen MR) is 91.7 cm³/mol. The van der Waals surface area contributed by atoms with Crippen molar-refractivity contribution in [2.24, 2.45) is 5.73 Å². The third-order valence-corrected chi connectivity index (χ3v) is 4.35. The number of unbranched alkanes of at least 4 members (excludes halogenated alkanes) is 2. The highest BCUT2D eigenvalue weighted by Gasteiger charge is 2.14. The lowest BCUT2D eigenvalue weighted by molar-refractivity contribution is -0.118. The van der Waals surface area contributed by atoms with E-state index >= 15 is 0 Å². The molecule has 0 aliphatic carbocycles. The Balaban J connectivity index is 2.50. The average Bonchev–Trinajstić information content (AvgIpc) is 2.49. The van der Waals surface area contributed by atoms with Gasteiger partial charge in [0.05, 0.1) is 0 Å². The maximum atomic E-state index is 12.3. The minimum Gasteiger partial charge on any atom is -0.370 e. The van der Waals surface area contributed by atoms with Crippen molar-refractivity contribution in [1.29, 1.82) is 0 Å². The molecule has 0 unspecified atom stereocenters. The highest BCUT2D eigenvalue weighted by Crippen LogP contribution is 2.20. The molecule has 0 saturated carbocycles. The van der Waals surface area contributed by atoms with Gasteiger partial charge in [0.1, 0.15) is 0 Å². The Kier molecular flexibility index (Phi) is 8.61. The summed E-state index contributed by atoms with van der Waals surface area (Å²) >= 11 is 6.83. The number of nitrogens with two attached hydrogens (primary N) is 1. The molecule has 0 aliphatic rings. The van der Waals surface area contributed by atoms with E-state index < -0.39 is 0 Å². The summed E-state index contributed by atoms with van der Waals surface area (Å²) < 4.78 is 0. The second-order valence-corrected chi connectivity index (χ2v) is 5.87. The number of carbonyl (C=O) groups excluding carboxylic acids is 2. The van der Waals surface area contributed by atoms with E-state index in [9.17, 15) is 9.59 Å². The van der Waals surface area contributed by atoms with E-state index in [1.807, 2.05) is 18.2 Å². The molecule has 1 aromatic carbocycles. The van der Waals surface area contributed by atoms with E-state index in [-0.39, 0.29) is 11.8 Å². The number of amides is 2. The van der Waals surface area contributed by atoms with Crippen molar-refractivity contribution in [2.75, 3.05) is 6.54 Å². The predicted octanol–water partition coefficient (Wildman–Crippen LogP) is 3.25. The van der Waals surface area contributed by atoms with Gasteiger partial charge in [-0.25, -0.2) is 0 Å². The Morgan fingerprint density at radius 1 is 1.05 bits per heavy atom. The van der Waals surface area contributed by atoms with Crippen molar-refractivity contribution in [3.8, 4) is 0 Å². The van der Waals surface area contributed by atoms with Crippen molar-refractivity contribution in [3.05, 3.63) is 34.9 Å². The molecule has 0 radical (unpaired) electrons. The van der Waals surface area contributed by atoms with Crippen molar-refractivity contribution in [3.63, 3.8) is 0 Å². The average molecular weight is 420 g/mol. The van der Waals surface area contributed by atoms with Gasteiger partial charge in [-0.3, -0.25) is 9.59 Å². The summed E-state index contributed by atoms with van der Waals surface area (Å²) in [4.78, 5) is 22.9. The number of alkyl halides is 2. The van der Waals surface area contributed by atoms with Crippen molar-refractivity contribution >= 4 is 43.7 Å². The van der Waals surface area contributed by atoms with Crippen LogP contribution in [0.4, 0.5) is 0 Å². The first-order valence-electron chi connectivity index (χ1n) is 6.89. The molecule has 0 aliphatic heterocycles. The van der Waals surface area contributed by atoms with Crippen molar-refractivity contribution < 1.29 is 9.59 Å². The molecular weight excluding hydrogens is 400 g/mol. The van der Waals surface area contributed by atoms with E-state index in [1.54, 1.807) is 0 Å². The Morgan fingerprint density at radius 3 is 2.19 bits per heavy atom. The maximum Gasteiger partial charge on any atom is 0.251 e. The van der Waals surface area contributed by atoms with Crippen LogP contribution in [0.3, 0.4) is 0 Å². The molecule has 1 rings (SSSR count). The Hall–Kier alpha value is -0.880. The second-order valence-electron chi connectivity index (χ2n) is 4.75. The van der Waals surface area contributed by atoms with Crippen LogP contribution in [0.1, 0.15) is 47.2 Å². The van der Waals surface area contributed by atoms with Gasteiger partial charge in [-0.05, 0) is 24.0 Å². The number of carbonyl (C=O) groups is 2. The lowest BCUT2D eigenvalue weighted by atomic mass is 10.0. The van der Waals surface area contributed by atoms with Gasteiger partial charge in [0, 0.05) is 29.2 Å². The first-order valence-corrected chi connectivity index (χ1v) is 9.13. The summed E-state index contributed by atoms with van der Waals surface area (Å²) in [6.07, 6.45) is 2.91. The van der Waals surface area contributed by atoms with Gasteiger partial charge < -0.3 is 11.1 Å². The lowest BCUT2D eigenvalue weighted by Gasteiger charge is -2.12. The molecule has 6 heteroatoms. The molecule has 0 atom stereocenters. The number of rotatable bonds is 9. The molecule has 0 bridgehead atoms. The van der Waals surface area contributed by atoms with Gasteiger partial charge in [0.15, 0.2) is 0 Å². The van der Waals surface area contributed by atoms with E-state index in [0.29, 0.717) is 23.6 Å². The van der Waals surface area contributed by atoms with Crippen LogP contribution in [0, 0.1) is 0 Å². The van der Waals surface area contributed by atoms with Crippen LogP contribution in [-0.2, 0) is 15.5 Å².